The third-order valence-electron chi connectivity index (χ3n) is 7.99. The quantitative estimate of drug-likeness (QED) is 0.316. The molecule has 1 N–H and O–H groups in total. The topological polar surface area (TPSA) is 90.9 Å². The van der Waals surface area contributed by atoms with Gasteiger partial charge in [0.05, 0.1) is 12.7 Å². The maximum atomic E-state index is 13.9. The Morgan fingerprint density at radius 2 is 1.65 bits per heavy atom. The summed E-state index contributed by atoms with van der Waals surface area (Å²) < 4.78 is 16.9. The summed E-state index contributed by atoms with van der Waals surface area (Å²) >= 11 is 6.10. The smallest absolute Gasteiger partial charge is 0.337 e. The highest BCUT2D eigenvalue weighted by Gasteiger charge is 2.42. The van der Waals surface area contributed by atoms with Gasteiger partial charge in [-0.3, -0.25) is 9.59 Å². The highest BCUT2D eigenvalue weighted by Crippen LogP contribution is 2.47. The van der Waals surface area contributed by atoms with E-state index in [-0.39, 0.29) is 23.6 Å². The standard InChI is InChI=1S/C32H34ClNO6/c1-18-29(32(37)40-24-7-5-4-6-8-24)30(21-11-14-27(39-19(2)35)28(17-21)38-3)31-25(34-18)15-22(16-26(31)36)20-9-12-23(33)13-10-20/h9-14,17,22,24,30,34H,4-8,15-16H2,1-3H3. The summed E-state index contributed by atoms with van der Waals surface area (Å²) in [4.78, 5) is 39.3. The Morgan fingerprint density at radius 3 is 2.33 bits per heavy atom. The normalized spacial score (nSPS) is 21.4. The molecule has 0 saturated heterocycles. The molecule has 8 heteroatoms. The number of nitrogens with one attached hydrogen (secondary N) is 1. The Labute approximate surface area is 239 Å². The number of carbonyl (C=O) groups excluding carboxylic acids is 3. The molecule has 2 atom stereocenters. The first-order valence-corrected chi connectivity index (χ1v) is 14.2. The monoisotopic (exact) mass is 563 g/mol. The maximum absolute atomic E-state index is 13.9. The molecule has 0 spiro atoms. The van der Waals surface area contributed by atoms with Gasteiger partial charge in [-0.15, -0.1) is 0 Å². The fourth-order valence-corrected chi connectivity index (χ4v) is 6.24. The summed E-state index contributed by atoms with van der Waals surface area (Å²) in [5, 5.41) is 4.05. The van der Waals surface area contributed by atoms with Crippen LogP contribution in [-0.4, -0.2) is 30.9 Å². The third-order valence-corrected chi connectivity index (χ3v) is 8.24. The van der Waals surface area contributed by atoms with Crippen LogP contribution >= 0.6 is 11.6 Å². The van der Waals surface area contributed by atoms with Gasteiger partial charge in [-0.1, -0.05) is 36.2 Å². The molecule has 1 heterocycles. The maximum Gasteiger partial charge on any atom is 0.337 e. The molecule has 3 aliphatic rings. The molecule has 0 aromatic heterocycles. The molecule has 210 valence electrons. The molecule has 0 radical (unpaired) electrons. The number of hydrogen-bond acceptors (Lipinski definition) is 7. The van der Waals surface area contributed by atoms with Gasteiger partial charge in [0.1, 0.15) is 6.10 Å². The zero-order valence-electron chi connectivity index (χ0n) is 23.1. The van der Waals surface area contributed by atoms with Crippen LogP contribution in [0.5, 0.6) is 11.5 Å². The zero-order valence-corrected chi connectivity index (χ0v) is 23.8. The number of Topliss-reactive ketones (excluding diaryl/α,β-unsaturated/α-hetero) is 1. The van der Waals surface area contributed by atoms with Crippen molar-refractivity contribution in [3.8, 4) is 11.5 Å². The minimum Gasteiger partial charge on any atom is -0.493 e. The molecule has 1 saturated carbocycles. The number of benzene rings is 2. The molecule has 2 aliphatic carbocycles. The molecule has 1 fully saturated rings. The van der Waals surface area contributed by atoms with Crippen LogP contribution in [0.1, 0.15) is 81.8 Å². The van der Waals surface area contributed by atoms with E-state index in [9.17, 15) is 14.4 Å². The molecule has 5 rings (SSSR count). The number of esters is 2. The number of allylic oxidation sites excluding steroid dienone is 3. The Hall–Kier alpha value is -3.58. The van der Waals surface area contributed by atoms with Crippen LogP contribution in [-0.2, 0) is 19.1 Å². The first-order chi connectivity index (χ1) is 19.2. The Balaban J connectivity index is 1.56. The number of dihydropyridines is 1. The number of hydrogen-bond donors (Lipinski definition) is 1. The van der Waals surface area contributed by atoms with Crippen molar-refractivity contribution in [2.75, 3.05) is 7.11 Å². The summed E-state index contributed by atoms with van der Waals surface area (Å²) in [7, 11) is 1.49. The lowest BCUT2D eigenvalue weighted by Crippen LogP contribution is -2.37. The second-order valence-electron chi connectivity index (χ2n) is 10.7. The first kappa shape index (κ1) is 28.0. The summed E-state index contributed by atoms with van der Waals surface area (Å²) in [6.45, 7) is 3.18. The van der Waals surface area contributed by atoms with Crippen molar-refractivity contribution in [2.45, 2.75) is 76.7 Å². The Morgan fingerprint density at radius 1 is 0.950 bits per heavy atom. The number of ether oxygens (including phenoxy) is 3. The van der Waals surface area contributed by atoms with E-state index in [1.54, 1.807) is 18.2 Å². The number of methoxy groups -OCH3 is 1. The molecule has 2 aromatic carbocycles. The summed E-state index contributed by atoms with van der Waals surface area (Å²) in [6.07, 6.45) is 5.70. The highest BCUT2D eigenvalue weighted by molar-refractivity contribution is 6.30. The third kappa shape index (κ3) is 5.80. The Kier molecular flexibility index (Phi) is 8.31. The first-order valence-electron chi connectivity index (χ1n) is 13.8. The molecular formula is C32H34ClNO6. The van der Waals surface area contributed by atoms with Crippen LogP contribution in [0.2, 0.25) is 5.02 Å². The molecular weight excluding hydrogens is 530 g/mol. The number of carbonyl (C=O) groups is 3. The van der Waals surface area contributed by atoms with E-state index in [0.29, 0.717) is 46.0 Å². The van der Waals surface area contributed by atoms with E-state index >= 15 is 0 Å². The van der Waals surface area contributed by atoms with Gasteiger partial charge in [-0.2, -0.15) is 0 Å². The van der Waals surface area contributed by atoms with Crippen LogP contribution in [0.25, 0.3) is 0 Å². The van der Waals surface area contributed by atoms with Crippen LogP contribution in [0.4, 0.5) is 0 Å². The van der Waals surface area contributed by atoms with Crippen LogP contribution in [0, 0.1) is 0 Å². The van der Waals surface area contributed by atoms with Crippen molar-refractivity contribution in [3.05, 3.63) is 81.2 Å². The average molecular weight is 564 g/mol. The van der Waals surface area contributed by atoms with Crippen molar-refractivity contribution in [2.24, 2.45) is 0 Å². The summed E-state index contributed by atoms with van der Waals surface area (Å²) in [5.74, 6) is -0.963. The molecule has 40 heavy (non-hydrogen) atoms. The van der Waals surface area contributed by atoms with Crippen LogP contribution < -0.4 is 14.8 Å². The van der Waals surface area contributed by atoms with Crippen molar-refractivity contribution in [3.63, 3.8) is 0 Å². The molecule has 2 unspecified atom stereocenters. The highest BCUT2D eigenvalue weighted by atomic mass is 35.5. The molecule has 7 nitrogen and oxygen atoms in total. The van der Waals surface area contributed by atoms with Gasteiger partial charge >= 0.3 is 11.9 Å². The van der Waals surface area contributed by atoms with E-state index < -0.39 is 17.9 Å². The van der Waals surface area contributed by atoms with Gasteiger partial charge in [0.2, 0.25) is 0 Å². The van der Waals surface area contributed by atoms with E-state index in [4.69, 9.17) is 25.8 Å². The fraction of sp³-hybridized carbons (Fsp3) is 0.406. The molecule has 2 aromatic rings. The number of ketones is 1. The van der Waals surface area contributed by atoms with E-state index in [0.717, 1.165) is 43.4 Å². The van der Waals surface area contributed by atoms with Gasteiger partial charge < -0.3 is 19.5 Å². The second kappa shape index (κ2) is 11.9. The van der Waals surface area contributed by atoms with Crippen molar-refractivity contribution in [1.82, 2.24) is 5.32 Å². The second-order valence-corrected chi connectivity index (χ2v) is 11.2. The SMILES string of the molecule is COc1cc(C2C(C(=O)OC3CCCCC3)=C(C)NC3=C2C(=O)CC(c2ccc(Cl)cc2)C3)ccc1OC(C)=O. The summed E-state index contributed by atoms with van der Waals surface area (Å²) in [6, 6.07) is 12.7. The van der Waals surface area contributed by atoms with E-state index in [2.05, 4.69) is 5.32 Å². The lowest BCUT2D eigenvalue weighted by atomic mass is 9.71. The largest absolute Gasteiger partial charge is 0.493 e. The number of halogens is 1. The van der Waals surface area contributed by atoms with E-state index in [1.807, 2.05) is 31.2 Å². The lowest BCUT2D eigenvalue weighted by molar-refractivity contribution is -0.146. The van der Waals surface area contributed by atoms with Crippen LogP contribution in [0.3, 0.4) is 0 Å². The van der Waals surface area contributed by atoms with Crippen molar-refractivity contribution >= 4 is 29.3 Å². The molecule has 0 bridgehead atoms. The van der Waals surface area contributed by atoms with Crippen molar-refractivity contribution in [1.29, 1.82) is 0 Å². The molecule has 1 aliphatic heterocycles. The average Bonchev–Trinajstić information content (AvgIpc) is 2.93. The van der Waals surface area contributed by atoms with Crippen LogP contribution in [0.15, 0.2) is 65.0 Å². The van der Waals surface area contributed by atoms with Gasteiger partial charge in [-0.25, -0.2) is 4.79 Å². The van der Waals surface area contributed by atoms with Gasteiger partial charge in [0.15, 0.2) is 17.3 Å². The lowest BCUT2D eigenvalue weighted by Gasteiger charge is -2.37. The number of rotatable bonds is 6. The molecule has 0 amide bonds. The predicted molar refractivity (Wildman–Crippen MR) is 151 cm³/mol. The van der Waals surface area contributed by atoms with Gasteiger partial charge in [0, 0.05) is 41.3 Å². The van der Waals surface area contributed by atoms with E-state index in [1.165, 1.54) is 14.0 Å². The zero-order chi connectivity index (χ0) is 28.4. The minimum absolute atomic E-state index is 0.0129. The summed E-state index contributed by atoms with van der Waals surface area (Å²) in [5.41, 5.74) is 4.18. The fourth-order valence-electron chi connectivity index (χ4n) is 6.11. The van der Waals surface area contributed by atoms with Gasteiger partial charge in [0.25, 0.3) is 0 Å². The minimum atomic E-state index is -0.647. The van der Waals surface area contributed by atoms with Crippen molar-refractivity contribution < 1.29 is 28.6 Å². The van der Waals surface area contributed by atoms with Gasteiger partial charge in [-0.05, 0) is 80.3 Å². The predicted octanol–water partition coefficient (Wildman–Crippen LogP) is 6.51. The Bertz CT molecular complexity index is 1390.